The first-order chi connectivity index (χ1) is 15.5. The molecule has 1 amide bonds. The highest BCUT2D eigenvalue weighted by Crippen LogP contribution is 2.17. The number of hydrogen-bond acceptors (Lipinski definition) is 6. The Labute approximate surface area is 183 Å². The van der Waals surface area contributed by atoms with E-state index in [9.17, 15) is 14.4 Å². The Morgan fingerprint density at radius 2 is 1.94 bits per heavy atom. The molecule has 4 rings (SSSR count). The fraction of sp³-hybridized carbons (Fsp3) is 0.381. The zero-order chi connectivity index (χ0) is 22.9. The number of fused-ring (bicyclic) bond motifs is 1. The highest BCUT2D eigenvalue weighted by atomic mass is 16.3. The molecule has 1 aliphatic rings. The van der Waals surface area contributed by atoms with Crippen LogP contribution in [0.3, 0.4) is 0 Å². The average molecular weight is 442 g/mol. The van der Waals surface area contributed by atoms with Crippen molar-refractivity contribution in [3.8, 4) is 0 Å². The maximum Gasteiger partial charge on any atom is 0.325 e. The molecule has 0 aliphatic carbocycles. The molecule has 0 spiro atoms. The minimum Gasteiger partial charge on any atom is -0.483 e. The van der Waals surface area contributed by atoms with Crippen molar-refractivity contribution in [1.29, 1.82) is 0 Å². The fourth-order valence-corrected chi connectivity index (χ4v) is 3.75. The molecule has 1 aromatic carbocycles. The number of likely N-dealkylation sites (tertiary alicyclic amines) is 1. The summed E-state index contributed by atoms with van der Waals surface area (Å²) in [5.74, 6) is 0.381. The summed E-state index contributed by atoms with van der Waals surface area (Å²) in [6.45, 7) is 2.88. The number of piperidine rings is 1. The number of amides is 1. The number of aromatic amines is 2. The van der Waals surface area contributed by atoms with E-state index in [-0.39, 0.29) is 24.5 Å². The van der Waals surface area contributed by atoms with Gasteiger partial charge in [-0.3, -0.25) is 28.9 Å². The van der Waals surface area contributed by atoms with Gasteiger partial charge >= 0.3 is 5.69 Å². The SMILES string of the molecule is O=C(Cn1cc2ccccc2n1)NCC1CCN(Cc2cc(=O)[nH]c(=O)[nH]2)CC1.O=CO. The van der Waals surface area contributed by atoms with Crippen LogP contribution in [0, 0.1) is 5.92 Å². The van der Waals surface area contributed by atoms with Crippen molar-refractivity contribution < 1.29 is 14.7 Å². The number of H-pyrrole nitrogens is 2. The molecule has 11 heteroatoms. The molecule has 32 heavy (non-hydrogen) atoms. The van der Waals surface area contributed by atoms with E-state index in [2.05, 4.69) is 25.3 Å². The fourth-order valence-electron chi connectivity index (χ4n) is 3.75. The molecule has 170 valence electrons. The number of carbonyl (C=O) groups is 2. The predicted octanol–water partition coefficient (Wildman–Crippen LogP) is 0.142. The Kier molecular flexibility index (Phi) is 7.92. The Morgan fingerprint density at radius 3 is 2.62 bits per heavy atom. The summed E-state index contributed by atoms with van der Waals surface area (Å²) in [6.07, 6.45) is 3.80. The molecular weight excluding hydrogens is 416 g/mol. The molecule has 4 N–H and O–H groups in total. The molecule has 0 atom stereocenters. The van der Waals surface area contributed by atoms with Crippen molar-refractivity contribution in [3.05, 3.63) is 63.1 Å². The second-order valence-corrected chi connectivity index (χ2v) is 7.63. The van der Waals surface area contributed by atoms with E-state index in [0.717, 1.165) is 36.8 Å². The first kappa shape index (κ1) is 22.9. The predicted molar refractivity (Wildman–Crippen MR) is 117 cm³/mol. The van der Waals surface area contributed by atoms with E-state index < -0.39 is 5.69 Å². The maximum absolute atomic E-state index is 12.3. The number of hydrogen-bond donors (Lipinski definition) is 4. The van der Waals surface area contributed by atoms with E-state index in [0.29, 0.717) is 24.7 Å². The van der Waals surface area contributed by atoms with Crippen LogP contribution in [0.1, 0.15) is 18.5 Å². The first-order valence-corrected chi connectivity index (χ1v) is 10.3. The van der Waals surface area contributed by atoms with Gasteiger partial charge in [0.05, 0.1) is 5.52 Å². The van der Waals surface area contributed by atoms with Gasteiger partial charge in [-0.15, -0.1) is 0 Å². The van der Waals surface area contributed by atoms with E-state index in [1.165, 1.54) is 6.07 Å². The molecular formula is C21H26N6O5. The van der Waals surface area contributed by atoms with Crippen LogP contribution in [0.15, 0.2) is 46.1 Å². The maximum atomic E-state index is 12.3. The van der Waals surface area contributed by atoms with Gasteiger partial charge in [0.25, 0.3) is 12.0 Å². The van der Waals surface area contributed by atoms with Crippen LogP contribution in [0.4, 0.5) is 0 Å². The van der Waals surface area contributed by atoms with Gasteiger partial charge in [0.15, 0.2) is 0 Å². The first-order valence-electron chi connectivity index (χ1n) is 10.3. The number of benzene rings is 1. The van der Waals surface area contributed by atoms with Gasteiger partial charge < -0.3 is 15.4 Å². The molecule has 2 aromatic heterocycles. The van der Waals surface area contributed by atoms with Gasteiger partial charge in [0.2, 0.25) is 5.91 Å². The van der Waals surface area contributed by atoms with Crippen molar-refractivity contribution in [2.75, 3.05) is 19.6 Å². The van der Waals surface area contributed by atoms with Crippen LogP contribution in [-0.4, -0.2) is 61.8 Å². The van der Waals surface area contributed by atoms with Crippen molar-refractivity contribution in [2.45, 2.75) is 25.9 Å². The summed E-state index contributed by atoms with van der Waals surface area (Å²) in [6, 6.07) is 9.21. The van der Waals surface area contributed by atoms with Crippen molar-refractivity contribution in [1.82, 2.24) is 30.0 Å². The van der Waals surface area contributed by atoms with E-state index in [1.54, 1.807) is 4.68 Å². The van der Waals surface area contributed by atoms with Crippen LogP contribution < -0.4 is 16.6 Å². The smallest absolute Gasteiger partial charge is 0.325 e. The summed E-state index contributed by atoms with van der Waals surface area (Å²) < 4.78 is 1.67. The highest BCUT2D eigenvalue weighted by molar-refractivity contribution is 5.79. The number of rotatable bonds is 6. The van der Waals surface area contributed by atoms with Gasteiger partial charge in [0.1, 0.15) is 6.54 Å². The summed E-state index contributed by atoms with van der Waals surface area (Å²) in [7, 11) is 0. The van der Waals surface area contributed by atoms with Gasteiger partial charge in [-0.1, -0.05) is 18.2 Å². The minimum absolute atomic E-state index is 0.0404. The molecule has 3 aromatic rings. The Bertz CT molecular complexity index is 1100. The molecule has 0 bridgehead atoms. The Hall–Kier alpha value is -3.73. The summed E-state index contributed by atoms with van der Waals surface area (Å²) in [5.41, 5.74) is 0.646. The van der Waals surface area contributed by atoms with Crippen molar-refractivity contribution in [2.24, 2.45) is 5.92 Å². The quantitative estimate of drug-likeness (QED) is 0.396. The van der Waals surface area contributed by atoms with Crippen LogP contribution in [-0.2, 0) is 22.7 Å². The van der Waals surface area contributed by atoms with E-state index in [1.807, 2.05) is 30.5 Å². The van der Waals surface area contributed by atoms with Crippen molar-refractivity contribution >= 4 is 23.3 Å². The lowest BCUT2D eigenvalue weighted by atomic mass is 9.96. The second-order valence-electron chi connectivity index (χ2n) is 7.63. The van der Waals surface area contributed by atoms with E-state index >= 15 is 0 Å². The zero-order valence-electron chi connectivity index (χ0n) is 17.5. The number of carboxylic acid groups (broad SMARTS) is 1. The number of carbonyl (C=O) groups excluding carboxylic acids is 1. The number of aromatic nitrogens is 4. The Balaban J connectivity index is 0.000000913. The lowest BCUT2D eigenvalue weighted by Crippen LogP contribution is -2.39. The van der Waals surface area contributed by atoms with Crippen LogP contribution >= 0.6 is 0 Å². The minimum atomic E-state index is -0.477. The Morgan fingerprint density at radius 1 is 1.22 bits per heavy atom. The van der Waals surface area contributed by atoms with Crippen molar-refractivity contribution in [3.63, 3.8) is 0 Å². The third-order valence-electron chi connectivity index (χ3n) is 5.27. The third kappa shape index (κ3) is 6.64. The normalized spacial score (nSPS) is 14.5. The summed E-state index contributed by atoms with van der Waals surface area (Å²) in [4.78, 5) is 50.4. The summed E-state index contributed by atoms with van der Waals surface area (Å²) in [5, 5.41) is 15.3. The monoisotopic (exact) mass is 442 g/mol. The third-order valence-corrected chi connectivity index (χ3v) is 5.27. The van der Waals surface area contributed by atoms with Crippen LogP contribution in [0.5, 0.6) is 0 Å². The lowest BCUT2D eigenvalue weighted by Gasteiger charge is -2.31. The zero-order valence-corrected chi connectivity index (χ0v) is 17.5. The van der Waals surface area contributed by atoms with Gasteiger partial charge in [-0.2, -0.15) is 5.10 Å². The molecule has 0 unspecified atom stereocenters. The molecule has 1 fully saturated rings. The molecule has 11 nitrogen and oxygen atoms in total. The summed E-state index contributed by atoms with van der Waals surface area (Å²) >= 11 is 0. The van der Waals surface area contributed by atoms with Gasteiger partial charge in [-0.25, -0.2) is 4.79 Å². The second kappa shape index (κ2) is 11.0. The molecule has 3 heterocycles. The largest absolute Gasteiger partial charge is 0.483 e. The standard InChI is InChI=1S/C20H24N6O3.CH2O2/c27-18-9-16(22-20(29)23-18)12-25-7-5-14(6-8-25)10-21-19(28)13-26-11-15-3-1-2-4-17(15)24-26;2-1-3/h1-4,9,11,14H,5-8,10,12-13H2,(H,21,28)(H2,22,23,27,29);1H,(H,2,3). The molecule has 1 saturated heterocycles. The van der Waals surface area contributed by atoms with Crippen LogP contribution in [0.25, 0.3) is 10.9 Å². The topological polar surface area (TPSA) is 153 Å². The molecule has 1 aliphatic heterocycles. The highest BCUT2D eigenvalue weighted by Gasteiger charge is 2.20. The van der Waals surface area contributed by atoms with Crippen LogP contribution in [0.2, 0.25) is 0 Å². The van der Waals surface area contributed by atoms with Gasteiger partial charge in [0, 0.05) is 36.4 Å². The molecule has 0 saturated carbocycles. The number of nitrogens with zero attached hydrogens (tertiary/aromatic N) is 3. The average Bonchev–Trinajstić information content (AvgIpc) is 3.15. The van der Waals surface area contributed by atoms with E-state index in [4.69, 9.17) is 9.90 Å². The van der Waals surface area contributed by atoms with Gasteiger partial charge in [-0.05, 0) is 37.9 Å². The molecule has 0 radical (unpaired) electrons. The lowest BCUT2D eigenvalue weighted by molar-refractivity contribution is -0.123. The number of nitrogens with one attached hydrogen (secondary N) is 3.